The van der Waals surface area contributed by atoms with Crippen molar-refractivity contribution >= 4 is 11.8 Å². The molecule has 2 N–H and O–H groups in total. The zero-order valence-corrected chi connectivity index (χ0v) is 17.0. The number of carbonyl (C=O) groups excluding carboxylic acids is 2. The van der Waals surface area contributed by atoms with Gasteiger partial charge < -0.3 is 15.4 Å². The van der Waals surface area contributed by atoms with Gasteiger partial charge in [-0.1, -0.05) is 24.3 Å². The van der Waals surface area contributed by atoms with E-state index in [1.54, 1.807) is 0 Å². The monoisotopic (exact) mass is 397 g/mol. The third-order valence-electron chi connectivity index (χ3n) is 7.28. The lowest BCUT2D eigenvalue weighted by molar-refractivity contribution is -0.135. The van der Waals surface area contributed by atoms with Gasteiger partial charge in [-0.2, -0.15) is 0 Å². The SMILES string of the molecule is O=C(N[C@@H]1CN2CCCC[C@@]2(C(=O)NC2Cc3ccccc3C2)C1)[C@H]1CCCO1. The van der Waals surface area contributed by atoms with Gasteiger partial charge >= 0.3 is 0 Å². The molecule has 0 spiro atoms. The van der Waals surface area contributed by atoms with Gasteiger partial charge in [0.15, 0.2) is 0 Å². The van der Waals surface area contributed by atoms with Crippen LogP contribution in [0.4, 0.5) is 0 Å². The summed E-state index contributed by atoms with van der Waals surface area (Å²) < 4.78 is 5.53. The van der Waals surface area contributed by atoms with E-state index in [1.807, 2.05) is 0 Å². The molecule has 6 nitrogen and oxygen atoms in total. The number of hydrogen-bond acceptors (Lipinski definition) is 4. The molecule has 1 aliphatic carbocycles. The van der Waals surface area contributed by atoms with E-state index in [9.17, 15) is 9.59 Å². The highest BCUT2D eigenvalue weighted by Gasteiger charge is 2.52. The average molecular weight is 398 g/mol. The Hall–Kier alpha value is -1.92. The summed E-state index contributed by atoms with van der Waals surface area (Å²) in [6, 6.07) is 8.68. The zero-order valence-electron chi connectivity index (χ0n) is 17.0. The Morgan fingerprint density at radius 1 is 1.03 bits per heavy atom. The molecule has 0 saturated carbocycles. The van der Waals surface area contributed by atoms with E-state index in [0.717, 1.165) is 58.0 Å². The maximum atomic E-state index is 13.5. The summed E-state index contributed by atoms with van der Waals surface area (Å²) in [6.45, 7) is 2.37. The number of ether oxygens (including phenoxy) is 1. The Balaban J connectivity index is 1.25. The predicted octanol–water partition coefficient (Wildman–Crippen LogP) is 1.56. The van der Waals surface area contributed by atoms with Crippen LogP contribution in [0.15, 0.2) is 24.3 Å². The molecular weight excluding hydrogens is 366 g/mol. The Morgan fingerprint density at radius 3 is 2.55 bits per heavy atom. The minimum Gasteiger partial charge on any atom is -0.368 e. The van der Waals surface area contributed by atoms with Crippen molar-refractivity contribution in [2.24, 2.45) is 0 Å². The summed E-state index contributed by atoms with van der Waals surface area (Å²) in [5.41, 5.74) is 2.23. The molecule has 29 heavy (non-hydrogen) atoms. The minimum atomic E-state index is -0.471. The molecule has 156 valence electrons. The second-order valence-corrected chi connectivity index (χ2v) is 9.19. The fraction of sp³-hybridized carbons (Fsp3) is 0.652. The van der Waals surface area contributed by atoms with Gasteiger partial charge in [0.1, 0.15) is 11.6 Å². The Labute approximate surface area is 172 Å². The van der Waals surface area contributed by atoms with Crippen molar-refractivity contribution < 1.29 is 14.3 Å². The van der Waals surface area contributed by atoms with Crippen LogP contribution in [0.3, 0.4) is 0 Å². The van der Waals surface area contributed by atoms with Crippen LogP contribution in [0.25, 0.3) is 0 Å². The fourth-order valence-corrected chi connectivity index (χ4v) is 5.83. The highest BCUT2D eigenvalue weighted by atomic mass is 16.5. The first kappa shape index (κ1) is 19.1. The van der Waals surface area contributed by atoms with Gasteiger partial charge in [-0.3, -0.25) is 14.5 Å². The van der Waals surface area contributed by atoms with Crippen LogP contribution in [0.1, 0.15) is 49.7 Å². The Morgan fingerprint density at radius 2 is 1.83 bits per heavy atom. The smallest absolute Gasteiger partial charge is 0.249 e. The van der Waals surface area contributed by atoms with Gasteiger partial charge in [0, 0.05) is 25.2 Å². The van der Waals surface area contributed by atoms with Gasteiger partial charge in [-0.25, -0.2) is 0 Å². The number of amides is 2. The summed E-state index contributed by atoms with van der Waals surface area (Å²) in [7, 11) is 0. The normalized spacial score (nSPS) is 32.0. The number of fused-ring (bicyclic) bond motifs is 2. The maximum absolute atomic E-state index is 13.5. The summed E-state index contributed by atoms with van der Waals surface area (Å²) in [5, 5.41) is 6.55. The molecular formula is C23H31N3O3. The number of nitrogens with one attached hydrogen (secondary N) is 2. The number of piperidine rings is 1. The Bertz CT molecular complexity index is 766. The molecule has 0 bridgehead atoms. The molecule has 5 rings (SSSR count). The molecule has 6 heteroatoms. The molecule has 0 unspecified atom stereocenters. The molecule has 4 aliphatic rings. The van der Waals surface area contributed by atoms with Crippen molar-refractivity contribution in [3.63, 3.8) is 0 Å². The second-order valence-electron chi connectivity index (χ2n) is 9.19. The van der Waals surface area contributed by atoms with Gasteiger partial charge in [-0.15, -0.1) is 0 Å². The van der Waals surface area contributed by atoms with E-state index in [0.29, 0.717) is 13.0 Å². The molecule has 3 aliphatic heterocycles. The van der Waals surface area contributed by atoms with Gasteiger partial charge in [0.05, 0.1) is 0 Å². The molecule has 3 fully saturated rings. The number of benzene rings is 1. The molecule has 1 aromatic carbocycles. The third-order valence-corrected chi connectivity index (χ3v) is 7.28. The van der Waals surface area contributed by atoms with Crippen LogP contribution in [0.2, 0.25) is 0 Å². The second kappa shape index (κ2) is 7.73. The molecule has 3 saturated heterocycles. The molecule has 2 amide bonds. The van der Waals surface area contributed by atoms with Crippen LogP contribution >= 0.6 is 0 Å². The summed E-state index contributed by atoms with van der Waals surface area (Å²) >= 11 is 0. The average Bonchev–Trinajstić information content (AvgIpc) is 3.45. The van der Waals surface area contributed by atoms with Crippen molar-refractivity contribution in [3.05, 3.63) is 35.4 Å². The largest absolute Gasteiger partial charge is 0.368 e. The van der Waals surface area contributed by atoms with Crippen LogP contribution < -0.4 is 10.6 Å². The number of rotatable bonds is 4. The highest BCUT2D eigenvalue weighted by molar-refractivity contribution is 5.88. The van der Waals surface area contributed by atoms with Crippen LogP contribution in [0, 0.1) is 0 Å². The van der Waals surface area contributed by atoms with E-state index >= 15 is 0 Å². The summed E-state index contributed by atoms with van der Waals surface area (Å²) in [4.78, 5) is 28.4. The maximum Gasteiger partial charge on any atom is 0.249 e. The Kier molecular flexibility index (Phi) is 5.08. The summed E-state index contributed by atoms with van der Waals surface area (Å²) in [5.74, 6) is 0.151. The van der Waals surface area contributed by atoms with Crippen LogP contribution in [-0.2, 0) is 27.2 Å². The van der Waals surface area contributed by atoms with Crippen molar-refractivity contribution in [1.82, 2.24) is 15.5 Å². The van der Waals surface area contributed by atoms with Crippen molar-refractivity contribution in [3.8, 4) is 0 Å². The van der Waals surface area contributed by atoms with Gasteiger partial charge in [-0.05, 0) is 69.0 Å². The van der Waals surface area contributed by atoms with Crippen molar-refractivity contribution in [2.45, 2.75) is 75.1 Å². The molecule has 0 radical (unpaired) electrons. The van der Waals surface area contributed by atoms with E-state index in [4.69, 9.17) is 4.74 Å². The van der Waals surface area contributed by atoms with E-state index in [1.165, 1.54) is 11.1 Å². The lowest BCUT2D eigenvalue weighted by Crippen LogP contribution is -2.59. The molecule has 1 aromatic rings. The number of nitrogens with zero attached hydrogens (tertiary/aromatic N) is 1. The van der Waals surface area contributed by atoms with Crippen LogP contribution in [0.5, 0.6) is 0 Å². The zero-order chi connectivity index (χ0) is 19.8. The molecule has 3 atom stereocenters. The first-order valence-electron chi connectivity index (χ1n) is 11.2. The lowest BCUT2D eigenvalue weighted by atomic mass is 9.84. The lowest BCUT2D eigenvalue weighted by Gasteiger charge is -2.41. The van der Waals surface area contributed by atoms with Crippen molar-refractivity contribution in [1.29, 1.82) is 0 Å². The van der Waals surface area contributed by atoms with E-state index in [-0.39, 0.29) is 30.0 Å². The summed E-state index contributed by atoms with van der Waals surface area (Å²) in [6.07, 6.45) is 7.05. The van der Waals surface area contributed by atoms with Crippen molar-refractivity contribution in [2.75, 3.05) is 19.7 Å². The number of carbonyl (C=O) groups is 2. The minimum absolute atomic E-state index is 0.00542. The van der Waals surface area contributed by atoms with E-state index in [2.05, 4.69) is 39.8 Å². The topological polar surface area (TPSA) is 70.7 Å². The molecule has 0 aromatic heterocycles. The van der Waals surface area contributed by atoms with Gasteiger partial charge in [0.2, 0.25) is 11.8 Å². The fourth-order valence-electron chi connectivity index (χ4n) is 5.83. The van der Waals surface area contributed by atoms with Crippen LogP contribution in [-0.4, -0.2) is 60.1 Å². The quantitative estimate of drug-likeness (QED) is 0.809. The predicted molar refractivity (Wildman–Crippen MR) is 109 cm³/mol. The first-order chi connectivity index (χ1) is 14.1. The number of hydrogen-bond donors (Lipinski definition) is 2. The standard InChI is InChI=1S/C23H31N3O3/c27-21(20-8-5-11-29-20)24-19-14-23(9-3-4-10-26(23)15-19)22(28)25-18-12-16-6-1-2-7-17(16)13-18/h1-2,6-7,18-20H,3-5,8-15H2,(H,24,27)(H,25,28)/t19-,20+,23-/m0/s1. The highest BCUT2D eigenvalue weighted by Crippen LogP contribution is 2.38. The third kappa shape index (κ3) is 3.57. The first-order valence-corrected chi connectivity index (χ1v) is 11.2. The molecule has 3 heterocycles. The van der Waals surface area contributed by atoms with Gasteiger partial charge in [0.25, 0.3) is 0 Å². The van der Waals surface area contributed by atoms with E-state index < -0.39 is 5.54 Å².